The predicted octanol–water partition coefficient (Wildman–Crippen LogP) is -0.397. The number of primary amides is 1. The van der Waals surface area contributed by atoms with E-state index in [0.717, 1.165) is 0 Å². The molecule has 3 N–H and O–H groups in total. The van der Waals surface area contributed by atoms with Crippen LogP contribution in [-0.4, -0.2) is 45.0 Å². The van der Waals surface area contributed by atoms with E-state index >= 15 is 0 Å². The quantitative estimate of drug-likeness (QED) is 0.440. The van der Waals surface area contributed by atoms with Gasteiger partial charge in [0.1, 0.15) is 11.8 Å². The number of amides is 2. The fourth-order valence-electron chi connectivity index (χ4n) is 2.19. The van der Waals surface area contributed by atoms with Crippen molar-refractivity contribution in [3.05, 3.63) is 0 Å². The van der Waals surface area contributed by atoms with Gasteiger partial charge in [0.2, 0.25) is 11.8 Å². The van der Waals surface area contributed by atoms with Gasteiger partial charge in [-0.05, 0) is 18.8 Å². The van der Waals surface area contributed by atoms with Gasteiger partial charge in [-0.1, -0.05) is 13.3 Å². The third-order valence-corrected chi connectivity index (χ3v) is 3.59. The SMILES string of the molecule is CC[C@@H](CC(C(N)=O)C(=O)OC)CC(C(=O)NC)C(=O)OC. The fourth-order valence-corrected chi connectivity index (χ4v) is 2.19. The summed E-state index contributed by atoms with van der Waals surface area (Å²) >= 11 is 0. The monoisotopic (exact) mass is 316 g/mol. The van der Waals surface area contributed by atoms with Crippen molar-refractivity contribution in [1.29, 1.82) is 0 Å². The summed E-state index contributed by atoms with van der Waals surface area (Å²) in [6.45, 7) is 1.83. The van der Waals surface area contributed by atoms with E-state index in [1.54, 1.807) is 0 Å². The van der Waals surface area contributed by atoms with Gasteiger partial charge in [0, 0.05) is 7.05 Å². The number of ether oxygens (including phenoxy) is 2. The molecule has 0 heterocycles. The van der Waals surface area contributed by atoms with E-state index in [4.69, 9.17) is 5.73 Å². The topological polar surface area (TPSA) is 125 Å². The lowest BCUT2D eigenvalue weighted by Gasteiger charge is -2.22. The molecule has 0 aliphatic heterocycles. The van der Waals surface area contributed by atoms with Crippen LogP contribution in [0, 0.1) is 17.8 Å². The van der Waals surface area contributed by atoms with Gasteiger partial charge in [-0.25, -0.2) is 0 Å². The molecule has 2 unspecified atom stereocenters. The standard InChI is InChI=1S/C14H24N2O6/c1-5-8(6-9(11(15)17)13(19)21-3)7-10(12(18)16-2)14(20)22-4/h8-10H,5-7H2,1-4H3,(H2,15,17)(H,16,18)/t8-,9?,10?/m0/s1. The Balaban J connectivity index is 5.07. The Hall–Kier alpha value is -2.12. The molecule has 8 heteroatoms. The molecule has 0 bridgehead atoms. The van der Waals surface area contributed by atoms with Gasteiger partial charge >= 0.3 is 11.9 Å². The molecule has 0 rings (SSSR count). The lowest BCUT2D eigenvalue weighted by atomic mass is 9.84. The van der Waals surface area contributed by atoms with Crippen LogP contribution < -0.4 is 11.1 Å². The second-order valence-corrected chi connectivity index (χ2v) is 4.91. The van der Waals surface area contributed by atoms with Crippen LogP contribution in [0.2, 0.25) is 0 Å². The largest absolute Gasteiger partial charge is 0.468 e. The fraction of sp³-hybridized carbons (Fsp3) is 0.714. The van der Waals surface area contributed by atoms with Gasteiger partial charge in [0.05, 0.1) is 14.2 Å². The Morgan fingerprint density at radius 1 is 1.00 bits per heavy atom. The Morgan fingerprint density at radius 3 is 1.82 bits per heavy atom. The van der Waals surface area contributed by atoms with Crippen molar-refractivity contribution >= 4 is 23.8 Å². The van der Waals surface area contributed by atoms with E-state index in [1.165, 1.54) is 21.3 Å². The first-order chi connectivity index (χ1) is 10.3. The molecular weight excluding hydrogens is 292 g/mol. The highest BCUT2D eigenvalue weighted by Crippen LogP contribution is 2.25. The molecule has 0 fully saturated rings. The van der Waals surface area contributed by atoms with Crippen molar-refractivity contribution in [2.24, 2.45) is 23.5 Å². The summed E-state index contributed by atoms with van der Waals surface area (Å²) in [7, 11) is 3.78. The summed E-state index contributed by atoms with van der Waals surface area (Å²) in [4.78, 5) is 46.4. The zero-order valence-electron chi connectivity index (χ0n) is 13.4. The van der Waals surface area contributed by atoms with E-state index in [1.807, 2.05) is 6.92 Å². The Morgan fingerprint density at radius 2 is 1.45 bits per heavy atom. The van der Waals surface area contributed by atoms with Gasteiger partial charge in [-0.3, -0.25) is 19.2 Å². The molecule has 8 nitrogen and oxygen atoms in total. The van der Waals surface area contributed by atoms with Crippen LogP contribution in [0.1, 0.15) is 26.2 Å². The van der Waals surface area contributed by atoms with Gasteiger partial charge < -0.3 is 20.5 Å². The van der Waals surface area contributed by atoms with Crippen molar-refractivity contribution in [2.45, 2.75) is 26.2 Å². The highest BCUT2D eigenvalue weighted by Gasteiger charge is 2.33. The summed E-state index contributed by atoms with van der Waals surface area (Å²) in [5.74, 6) is -4.98. The molecule has 126 valence electrons. The first-order valence-electron chi connectivity index (χ1n) is 6.98. The van der Waals surface area contributed by atoms with Crippen molar-refractivity contribution in [1.82, 2.24) is 5.32 Å². The van der Waals surface area contributed by atoms with E-state index < -0.39 is 35.6 Å². The zero-order chi connectivity index (χ0) is 17.3. The van der Waals surface area contributed by atoms with Crippen LogP contribution in [0.3, 0.4) is 0 Å². The summed E-state index contributed by atoms with van der Waals surface area (Å²) in [6, 6.07) is 0. The maximum atomic E-state index is 11.8. The number of hydrogen-bond acceptors (Lipinski definition) is 6. The van der Waals surface area contributed by atoms with E-state index in [-0.39, 0.29) is 18.8 Å². The molecule has 0 aromatic carbocycles. The summed E-state index contributed by atoms with van der Waals surface area (Å²) in [6.07, 6.45) is 0.831. The normalized spacial score (nSPS) is 14.4. The number of nitrogens with two attached hydrogens (primary N) is 1. The van der Waals surface area contributed by atoms with Crippen molar-refractivity contribution < 1.29 is 28.7 Å². The first-order valence-corrected chi connectivity index (χ1v) is 6.98. The first kappa shape index (κ1) is 19.9. The van der Waals surface area contributed by atoms with Crippen LogP contribution in [0.4, 0.5) is 0 Å². The molecule has 0 radical (unpaired) electrons. The molecule has 0 saturated carbocycles. The van der Waals surface area contributed by atoms with E-state index in [2.05, 4.69) is 14.8 Å². The maximum absolute atomic E-state index is 11.8. The highest BCUT2D eigenvalue weighted by molar-refractivity contribution is 5.98. The number of methoxy groups -OCH3 is 2. The van der Waals surface area contributed by atoms with Crippen LogP contribution in [-0.2, 0) is 28.7 Å². The molecule has 0 spiro atoms. The average Bonchev–Trinajstić information content (AvgIpc) is 2.52. The maximum Gasteiger partial charge on any atom is 0.318 e. The molecule has 3 atom stereocenters. The highest BCUT2D eigenvalue weighted by atomic mass is 16.5. The van der Waals surface area contributed by atoms with Crippen LogP contribution >= 0.6 is 0 Å². The number of rotatable bonds is 9. The van der Waals surface area contributed by atoms with Crippen LogP contribution in [0.15, 0.2) is 0 Å². The number of esters is 2. The molecular formula is C14H24N2O6. The van der Waals surface area contributed by atoms with E-state index in [0.29, 0.717) is 6.42 Å². The summed E-state index contributed by atoms with van der Waals surface area (Å²) in [5.41, 5.74) is 5.21. The van der Waals surface area contributed by atoms with Gasteiger partial charge in [-0.15, -0.1) is 0 Å². The smallest absolute Gasteiger partial charge is 0.318 e. The zero-order valence-corrected chi connectivity index (χ0v) is 13.4. The minimum atomic E-state index is -1.10. The summed E-state index contributed by atoms with van der Waals surface area (Å²) in [5, 5.41) is 2.40. The number of nitrogens with one attached hydrogen (secondary N) is 1. The molecule has 0 aliphatic rings. The molecule has 0 aliphatic carbocycles. The second-order valence-electron chi connectivity index (χ2n) is 4.91. The molecule has 0 aromatic rings. The third-order valence-electron chi connectivity index (χ3n) is 3.59. The Bertz CT molecular complexity index is 408. The minimum absolute atomic E-state index is 0.114. The third kappa shape index (κ3) is 5.71. The number of hydrogen-bond donors (Lipinski definition) is 2. The molecule has 0 saturated heterocycles. The number of carbonyl (C=O) groups excluding carboxylic acids is 4. The lowest BCUT2D eigenvalue weighted by Crippen LogP contribution is -2.37. The average molecular weight is 316 g/mol. The van der Waals surface area contributed by atoms with Gasteiger partial charge in [-0.2, -0.15) is 0 Å². The number of carbonyl (C=O) groups is 4. The minimum Gasteiger partial charge on any atom is -0.468 e. The van der Waals surface area contributed by atoms with Crippen molar-refractivity contribution in [3.63, 3.8) is 0 Å². The summed E-state index contributed by atoms with van der Waals surface area (Å²) < 4.78 is 9.17. The van der Waals surface area contributed by atoms with Crippen LogP contribution in [0.25, 0.3) is 0 Å². The molecule has 22 heavy (non-hydrogen) atoms. The van der Waals surface area contributed by atoms with Gasteiger partial charge in [0.25, 0.3) is 0 Å². The van der Waals surface area contributed by atoms with Crippen molar-refractivity contribution in [3.8, 4) is 0 Å². The second kappa shape index (κ2) is 9.75. The van der Waals surface area contributed by atoms with E-state index in [9.17, 15) is 19.2 Å². The lowest BCUT2D eigenvalue weighted by molar-refractivity contribution is -0.150. The molecule has 0 aromatic heterocycles. The van der Waals surface area contributed by atoms with Crippen LogP contribution in [0.5, 0.6) is 0 Å². The van der Waals surface area contributed by atoms with Gasteiger partial charge in [0.15, 0.2) is 0 Å². The predicted molar refractivity (Wildman–Crippen MR) is 77.3 cm³/mol. The van der Waals surface area contributed by atoms with Crippen molar-refractivity contribution in [2.75, 3.05) is 21.3 Å². The Labute approximate surface area is 129 Å². The molecule has 2 amide bonds. The Kier molecular flexibility index (Phi) is 8.81.